The van der Waals surface area contributed by atoms with Crippen LogP contribution in [0.15, 0.2) is 18.3 Å². The lowest BCUT2D eigenvalue weighted by atomic mass is 10.2. The lowest BCUT2D eigenvalue weighted by Crippen LogP contribution is -2.35. The Morgan fingerprint density at radius 1 is 1.58 bits per heavy atom. The number of nitrogens with two attached hydrogens (primary N) is 1. The molecule has 0 saturated carbocycles. The molecule has 2 rings (SSSR count). The maximum Gasteiger partial charge on any atom is 0.217 e. The van der Waals surface area contributed by atoms with Gasteiger partial charge >= 0.3 is 0 Å². The zero-order chi connectivity index (χ0) is 13.8. The van der Waals surface area contributed by atoms with Crippen molar-refractivity contribution in [2.75, 3.05) is 23.3 Å². The van der Waals surface area contributed by atoms with E-state index in [1.165, 1.54) is 0 Å². The zero-order valence-corrected chi connectivity index (χ0v) is 11.4. The fraction of sp³-hybridized carbons (Fsp3) is 0.538. The van der Waals surface area contributed by atoms with Crippen LogP contribution in [0.1, 0.15) is 20.3 Å². The van der Waals surface area contributed by atoms with Gasteiger partial charge in [0.15, 0.2) is 0 Å². The minimum absolute atomic E-state index is 0.0243. The summed E-state index contributed by atoms with van der Waals surface area (Å²) in [4.78, 5) is 17.6. The van der Waals surface area contributed by atoms with Crippen molar-refractivity contribution >= 4 is 17.4 Å². The molecule has 0 radical (unpaired) electrons. The molecule has 1 aromatic heterocycles. The van der Waals surface area contributed by atoms with E-state index in [9.17, 15) is 4.79 Å². The monoisotopic (exact) mass is 263 g/mol. The Balaban J connectivity index is 1.94. The van der Waals surface area contributed by atoms with E-state index in [0.717, 1.165) is 31.0 Å². The second kappa shape index (κ2) is 5.88. The average molecular weight is 263 g/mol. The number of nitrogens with zero attached hydrogens (tertiary/aromatic N) is 2. The van der Waals surface area contributed by atoms with Crippen LogP contribution in [0.4, 0.5) is 11.5 Å². The second-order valence-electron chi connectivity index (χ2n) is 4.97. The minimum atomic E-state index is -0.0939. The number of rotatable bonds is 4. The van der Waals surface area contributed by atoms with Gasteiger partial charge in [-0.15, -0.1) is 0 Å². The molecule has 19 heavy (non-hydrogen) atoms. The van der Waals surface area contributed by atoms with Crippen molar-refractivity contribution in [2.24, 2.45) is 5.73 Å². The molecule has 2 unspecified atom stereocenters. The highest BCUT2D eigenvalue weighted by atomic mass is 16.1. The van der Waals surface area contributed by atoms with Crippen LogP contribution in [-0.2, 0) is 4.79 Å². The Labute approximate surface area is 113 Å². The molecule has 0 aliphatic carbocycles. The SMILES string of the molecule is CC(=O)NC1CCN(c2ccc(NC(C)N)cn2)C1. The van der Waals surface area contributed by atoms with E-state index in [2.05, 4.69) is 20.5 Å². The predicted molar refractivity (Wildman–Crippen MR) is 75.9 cm³/mol. The van der Waals surface area contributed by atoms with E-state index < -0.39 is 0 Å². The predicted octanol–water partition coefficient (Wildman–Crippen LogP) is 0.513. The van der Waals surface area contributed by atoms with Gasteiger partial charge in [-0.1, -0.05) is 0 Å². The molecule has 0 bridgehead atoms. The van der Waals surface area contributed by atoms with Crippen LogP contribution in [0, 0.1) is 0 Å². The largest absolute Gasteiger partial charge is 0.369 e. The third-order valence-corrected chi connectivity index (χ3v) is 3.06. The molecule has 1 saturated heterocycles. The van der Waals surface area contributed by atoms with Crippen LogP contribution in [0.5, 0.6) is 0 Å². The van der Waals surface area contributed by atoms with Crippen molar-refractivity contribution in [3.63, 3.8) is 0 Å². The van der Waals surface area contributed by atoms with E-state index in [1.54, 1.807) is 13.1 Å². The van der Waals surface area contributed by atoms with E-state index in [-0.39, 0.29) is 18.1 Å². The summed E-state index contributed by atoms with van der Waals surface area (Å²) in [6, 6.07) is 4.17. The molecule has 6 nitrogen and oxygen atoms in total. The van der Waals surface area contributed by atoms with Crippen molar-refractivity contribution in [2.45, 2.75) is 32.5 Å². The molecule has 1 aliphatic rings. The summed E-state index contributed by atoms with van der Waals surface area (Å²) >= 11 is 0. The van der Waals surface area contributed by atoms with Gasteiger partial charge in [-0.25, -0.2) is 4.98 Å². The van der Waals surface area contributed by atoms with E-state index >= 15 is 0 Å². The molecular formula is C13H21N5O. The number of pyridine rings is 1. The van der Waals surface area contributed by atoms with Gasteiger partial charge in [0.05, 0.1) is 18.1 Å². The zero-order valence-electron chi connectivity index (χ0n) is 11.4. The normalized spacial score (nSPS) is 20.2. The molecule has 4 N–H and O–H groups in total. The number of amides is 1. The maximum atomic E-state index is 11.0. The summed E-state index contributed by atoms with van der Waals surface area (Å²) in [6.45, 7) is 5.16. The van der Waals surface area contributed by atoms with Crippen molar-refractivity contribution < 1.29 is 4.79 Å². The number of aromatic nitrogens is 1. The number of hydrogen-bond acceptors (Lipinski definition) is 5. The van der Waals surface area contributed by atoms with Gasteiger partial charge in [0, 0.05) is 26.1 Å². The maximum absolute atomic E-state index is 11.0. The molecule has 2 heterocycles. The third kappa shape index (κ3) is 3.82. The molecular weight excluding hydrogens is 242 g/mol. The van der Waals surface area contributed by atoms with Gasteiger partial charge in [-0.3, -0.25) is 4.79 Å². The van der Waals surface area contributed by atoms with Gasteiger partial charge in [-0.2, -0.15) is 0 Å². The first-order chi connectivity index (χ1) is 9.04. The molecule has 0 spiro atoms. The highest BCUT2D eigenvalue weighted by Crippen LogP contribution is 2.19. The quantitative estimate of drug-likeness (QED) is 0.690. The Morgan fingerprint density at radius 3 is 2.95 bits per heavy atom. The van der Waals surface area contributed by atoms with Crippen molar-refractivity contribution in [1.29, 1.82) is 0 Å². The molecule has 1 aromatic rings. The van der Waals surface area contributed by atoms with Crippen LogP contribution >= 0.6 is 0 Å². The fourth-order valence-electron chi connectivity index (χ4n) is 2.30. The number of anilines is 2. The topological polar surface area (TPSA) is 83.3 Å². The highest BCUT2D eigenvalue weighted by Gasteiger charge is 2.23. The van der Waals surface area contributed by atoms with Crippen LogP contribution in [0.25, 0.3) is 0 Å². The van der Waals surface area contributed by atoms with Gasteiger partial charge in [0.2, 0.25) is 5.91 Å². The van der Waals surface area contributed by atoms with Gasteiger partial charge < -0.3 is 21.3 Å². The van der Waals surface area contributed by atoms with E-state index in [0.29, 0.717) is 0 Å². The molecule has 2 atom stereocenters. The number of carbonyl (C=O) groups excluding carboxylic acids is 1. The van der Waals surface area contributed by atoms with E-state index in [4.69, 9.17) is 5.73 Å². The van der Waals surface area contributed by atoms with Gasteiger partial charge in [0.25, 0.3) is 0 Å². The van der Waals surface area contributed by atoms with Crippen molar-refractivity contribution in [3.05, 3.63) is 18.3 Å². The highest BCUT2D eigenvalue weighted by molar-refractivity contribution is 5.73. The van der Waals surface area contributed by atoms with E-state index in [1.807, 2.05) is 19.1 Å². The molecule has 104 valence electrons. The van der Waals surface area contributed by atoms with Gasteiger partial charge in [0.1, 0.15) is 5.82 Å². The smallest absolute Gasteiger partial charge is 0.217 e. The molecule has 1 fully saturated rings. The summed E-state index contributed by atoms with van der Waals surface area (Å²) in [7, 11) is 0. The molecule has 6 heteroatoms. The number of hydrogen-bond donors (Lipinski definition) is 3. The van der Waals surface area contributed by atoms with Gasteiger partial charge in [-0.05, 0) is 25.5 Å². The Morgan fingerprint density at radius 2 is 2.37 bits per heavy atom. The summed E-state index contributed by atoms with van der Waals surface area (Å²) in [5.41, 5.74) is 6.57. The molecule has 0 aromatic carbocycles. The molecule has 1 aliphatic heterocycles. The first-order valence-corrected chi connectivity index (χ1v) is 6.55. The lowest BCUT2D eigenvalue weighted by Gasteiger charge is -2.18. The summed E-state index contributed by atoms with van der Waals surface area (Å²) in [5.74, 6) is 0.958. The third-order valence-electron chi connectivity index (χ3n) is 3.06. The number of nitrogens with one attached hydrogen (secondary N) is 2. The summed E-state index contributed by atoms with van der Waals surface area (Å²) < 4.78 is 0. The summed E-state index contributed by atoms with van der Waals surface area (Å²) in [5, 5.41) is 6.04. The Hall–Kier alpha value is -1.82. The minimum Gasteiger partial charge on any atom is -0.369 e. The van der Waals surface area contributed by atoms with Crippen LogP contribution in [0.2, 0.25) is 0 Å². The van der Waals surface area contributed by atoms with Crippen LogP contribution in [-0.4, -0.2) is 36.2 Å². The Kier molecular flexibility index (Phi) is 4.21. The van der Waals surface area contributed by atoms with Crippen LogP contribution in [0.3, 0.4) is 0 Å². The van der Waals surface area contributed by atoms with Crippen molar-refractivity contribution in [3.8, 4) is 0 Å². The summed E-state index contributed by atoms with van der Waals surface area (Å²) in [6.07, 6.45) is 2.65. The first kappa shape index (κ1) is 13.6. The van der Waals surface area contributed by atoms with Crippen molar-refractivity contribution in [1.82, 2.24) is 10.3 Å². The lowest BCUT2D eigenvalue weighted by molar-refractivity contribution is -0.119. The van der Waals surface area contributed by atoms with Crippen LogP contribution < -0.4 is 21.3 Å². The number of carbonyl (C=O) groups is 1. The second-order valence-corrected chi connectivity index (χ2v) is 4.97. The Bertz CT molecular complexity index is 431. The first-order valence-electron chi connectivity index (χ1n) is 6.55. The standard InChI is InChI=1S/C13H21N5O/c1-9(14)16-11-3-4-13(15-7-11)18-6-5-12(8-18)17-10(2)19/h3-4,7,9,12,16H,5-6,8,14H2,1-2H3,(H,17,19). The fourth-order valence-corrected chi connectivity index (χ4v) is 2.30. The average Bonchev–Trinajstić information content (AvgIpc) is 2.76. The molecule has 1 amide bonds.